The predicted octanol–water partition coefficient (Wildman–Crippen LogP) is 3.21. The lowest BCUT2D eigenvalue weighted by Crippen LogP contribution is -2.33. The van der Waals surface area contributed by atoms with Crippen molar-refractivity contribution in [2.45, 2.75) is 13.3 Å². The molecule has 0 aliphatic carbocycles. The molecule has 0 unspecified atom stereocenters. The number of nitrogens with one attached hydrogen (secondary N) is 1. The topological polar surface area (TPSA) is 75.6 Å². The SMILES string of the molecule is COc1ccc(C[C@H](C(=O)Nc2ccccc2)[C@@H](C)C(=O)O)cc1. The molecule has 5 heteroatoms. The molecule has 5 nitrogen and oxygen atoms in total. The Morgan fingerprint density at radius 3 is 2.25 bits per heavy atom. The summed E-state index contributed by atoms with van der Waals surface area (Å²) in [5.74, 6) is -2.04. The van der Waals surface area contributed by atoms with Crippen LogP contribution in [0.15, 0.2) is 54.6 Å². The van der Waals surface area contributed by atoms with Crippen molar-refractivity contribution in [3.8, 4) is 5.75 Å². The normalized spacial score (nSPS) is 12.9. The van der Waals surface area contributed by atoms with Crippen LogP contribution in [-0.4, -0.2) is 24.1 Å². The summed E-state index contributed by atoms with van der Waals surface area (Å²) in [6.45, 7) is 1.56. The molecule has 1 amide bonds. The molecular weight excluding hydrogens is 306 g/mol. The van der Waals surface area contributed by atoms with Gasteiger partial charge in [0.05, 0.1) is 18.9 Å². The highest BCUT2D eigenvalue weighted by Crippen LogP contribution is 2.22. The fraction of sp³-hybridized carbons (Fsp3) is 0.263. The van der Waals surface area contributed by atoms with Crippen LogP contribution in [0.2, 0.25) is 0 Å². The molecule has 2 atom stereocenters. The van der Waals surface area contributed by atoms with Crippen molar-refractivity contribution in [2.24, 2.45) is 11.8 Å². The van der Waals surface area contributed by atoms with E-state index in [2.05, 4.69) is 5.32 Å². The summed E-state index contributed by atoms with van der Waals surface area (Å²) in [6, 6.07) is 16.3. The number of carbonyl (C=O) groups excluding carboxylic acids is 1. The monoisotopic (exact) mass is 327 g/mol. The summed E-state index contributed by atoms with van der Waals surface area (Å²) in [5.41, 5.74) is 1.54. The molecule has 0 saturated heterocycles. The molecule has 0 aliphatic rings. The Hall–Kier alpha value is -2.82. The number of anilines is 1. The van der Waals surface area contributed by atoms with E-state index < -0.39 is 17.8 Å². The van der Waals surface area contributed by atoms with Crippen LogP contribution in [0.25, 0.3) is 0 Å². The maximum atomic E-state index is 12.6. The summed E-state index contributed by atoms with van der Waals surface area (Å²) in [5, 5.41) is 12.1. The van der Waals surface area contributed by atoms with Gasteiger partial charge in [-0.25, -0.2) is 0 Å². The van der Waals surface area contributed by atoms with E-state index in [-0.39, 0.29) is 5.91 Å². The smallest absolute Gasteiger partial charge is 0.307 e. The van der Waals surface area contributed by atoms with E-state index in [1.54, 1.807) is 38.3 Å². The third-order valence-corrected chi connectivity index (χ3v) is 3.99. The standard InChI is InChI=1S/C19H21NO4/c1-13(19(22)23)17(12-14-8-10-16(24-2)11-9-14)18(21)20-15-6-4-3-5-7-15/h3-11,13,17H,12H2,1-2H3,(H,20,21)(H,22,23)/t13-,17+/m1/s1. The number of para-hydroxylation sites is 1. The molecular formula is C19H21NO4. The van der Waals surface area contributed by atoms with E-state index >= 15 is 0 Å². The number of hydrogen-bond acceptors (Lipinski definition) is 3. The summed E-state index contributed by atoms with van der Waals surface area (Å²) < 4.78 is 5.11. The Morgan fingerprint density at radius 2 is 1.71 bits per heavy atom. The van der Waals surface area contributed by atoms with Gasteiger partial charge in [-0.05, 0) is 36.2 Å². The Morgan fingerprint density at radius 1 is 1.08 bits per heavy atom. The molecule has 0 radical (unpaired) electrons. The van der Waals surface area contributed by atoms with Crippen molar-refractivity contribution in [1.82, 2.24) is 0 Å². The average molecular weight is 327 g/mol. The number of amides is 1. The fourth-order valence-corrected chi connectivity index (χ4v) is 2.44. The first kappa shape index (κ1) is 17.5. The Kier molecular flexibility index (Phi) is 5.95. The molecule has 0 saturated carbocycles. The van der Waals surface area contributed by atoms with E-state index in [1.165, 1.54) is 0 Å². The molecule has 0 fully saturated rings. The largest absolute Gasteiger partial charge is 0.497 e. The first-order chi connectivity index (χ1) is 11.5. The van der Waals surface area contributed by atoms with Gasteiger partial charge in [-0.3, -0.25) is 9.59 Å². The van der Waals surface area contributed by atoms with Crippen molar-refractivity contribution in [1.29, 1.82) is 0 Å². The first-order valence-corrected chi connectivity index (χ1v) is 7.73. The summed E-state index contributed by atoms with van der Waals surface area (Å²) in [7, 11) is 1.58. The van der Waals surface area contributed by atoms with Gasteiger partial charge in [-0.15, -0.1) is 0 Å². The number of carbonyl (C=O) groups is 2. The van der Waals surface area contributed by atoms with Gasteiger partial charge in [0.2, 0.25) is 5.91 Å². The highest BCUT2D eigenvalue weighted by Gasteiger charge is 2.30. The Bertz CT molecular complexity index is 682. The van der Waals surface area contributed by atoms with Crippen LogP contribution < -0.4 is 10.1 Å². The number of aliphatic carboxylic acids is 1. The van der Waals surface area contributed by atoms with Crippen LogP contribution in [0.5, 0.6) is 5.75 Å². The van der Waals surface area contributed by atoms with Gasteiger partial charge in [0, 0.05) is 5.69 Å². The molecule has 0 spiro atoms. The lowest BCUT2D eigenvalue weighted by atomic mass is 9.87. The number of hydrogen-bond donors (Lipinski definition) is 2. The van der Waals surface area contributed by atoms with Crippen LogP contribution in [0, 0.1) is 11.8 Å². The molecule has 0 bridgehead atoms. The van der Waals surface area contributed by atoms with Crippen molar-refractivity contribution in [3.63, 3.8) is 0 Å². The predicted molar refractivity (Wildman–Crippen MR) is 92.1 cm³/mol. The maximum Gasteiger partial charge on any atom is 0.307 e. The zero-order valence-electron chi connectivity index (χ0n) is 13.7. The van der Waals surface area contributed by atoms with Gasteiger partial charge in [0.15, 0.2) is 0 Å². The van der Waals surface area contributed by atoms with Crippen molar-refractivity contribution in [2.75, 3.05) is 12.4 Å². The molecule has 0 heterocycles. The molecule has 2 rings (SSSR count). The van der Waals surface area contributed by atoms with Gasteiger partial charge < -0.3 is 15.2 Å². The number of rotatable bonds is 7. The first-order valence-electron chi connectivity index (χ1n) is 7.73. The zero-order chi connectivity index (χ0) is 17.5. The highest BCUT2D eigenvalue weighted by atomic mass is 16.5. The van der Waals surface area contributed by atoms with Crippen LogP contribution in [0.3, 0.4) is 0 Å². The van der Waals surface area contributed by atoms with Crippen LogP contribution >= 0.6 is 0 Å². The number of benzene rings is 2. The second kappa shape index (κ2) is 8.15. The Balaban J connectivity index is 2.17. The molecule has 126 valence electrons. The second-order valence-electron chi connectivity index (χ2n) is 5.64. The van der Waals surface area contributed by atoms with E-state index in [0.717, 1.165) is 11.3 Å². The number of carboxylic acid groups (broad SMARTS) is 1. The summed E-state index contributed by atoms with van der Waals surface area (Å²) in [4.78, 5) is 24.0. The second-order valence-corrected chi connectivity index (χ2v) is 5.64. The number of methoxy groups -OCH3 is 1. The van der Waals surface area contributed by atoms with Crippen molar-refractivity contribution >= 4 is 17.6 Å². The third-order valence-electron chi connectivity index (χ3n) is 3.99. The molecule has 0 aromatic heterocycles. The molecule has 2 aromatic rings. The molecule has 2 aromatic carbocycles. The van der Waals surface area contributed by atoms with Gasteiger partial charge in [-0.1, -0.05) is 37.3 Å². The van der Waals surface area contributed by atoms with Gasteiger partial charge in [0.25, 0.3) is 0 Å². The van der Waals surface area contributed by atoms with Gasteiger partial charge >= 0.3 is 5.97 Å². The number of ether oxygens (including phenoxy) is 1. The third kappa shape index (κ3) is 4.59. The van der Waals surface area contributed by atoms with Crippen LogP contribution in [0.4, 0.5) is 5.69 Å². The minimum absolute atomic E-state index is 0.299. The van der Waals surface area contributed by atoms with Gasteiger partial charge in [0.1, 0.15) is 5.75 Å². The molecule has 0 aliphatic heterocycles. The fourth-order valence-electron chi connectivity index (χ4n) is 2.44. The molecule has 2 N–H and O–H groups in total. The van der Waals surface area contributed by atoms with Gasteiger partial charge in [-0.2, -0.15) is 0 Å². The quantitative estimate of drug-likeness (QED) is 0.819. The Labute approximate surface area is 141 Å². The van der Waals surface area contributed by atoms with Crippen LogP contribution in [0.1, 0.15) is 12.5 Å². The zero-order valence-corrected chi connectivity index (χ0v) is 13.7. The van der Waals surface area contributed by atoms with E-state index in [9.17, 15) is 14.7 Å². The minimum Gasteiger partial charge on any atom is -0.497 e. The average Bonchev–Trinajstić information content (AvgIpc) is 2.60. The van der Waals surface area contributed by atoms with E-state index in [1.807, 2.05) is 30.3 Å². The molecule has 24 heavy (non-hydrogen) atoms. The van der Waals surface area contributed by atoms with E-state index in [0.29, 0.717) is 12.1 Å². The number of carboxylic acids is 1. The van der Waals surface area contributed by atoms with E-state index in [4.69, 9.17) is 4.74 Å². The van der Waals surface area contributed by atoms with Crippen LogP contribution in [-0.2, 0) is 16.0 Å². The highest BCUT2D eigenvalue weighted by molar-refractivity contribution is 5.95. The summed E-state index contributed by atoms with van der Waals surface area (Å²) in [6.07, 6.45) is 0.343. The maximum absolute atomic E-state index is 12.6. The summed E-state index contributed by atoms with van der Waals surface area (Å²) >= 11 is 0. The lowest BCUT2D eigenvalue weighted by molar-refractivity contribution is -0.145. The van der Waals surface area contributed by atoms with Crippen molar-refractivity contribution in [3.05, 3.63) is 60.2 Å². The minimum atomic E-state index is -0.989. The lowest BCUT2D eigenvalue weighted by Gasteiger charge is -2.20. The van der Waals surface area contributed by atoms with Crippen molar-refractivity contribution < 1.29 is 19.4 Å².